The van der Waals surface area contributed by atoms with Crippen molar-refractivity contribution < 1.29 is 18.3 Å². The number of methoxy groups -OCH3 is 1. The highest BCUT2D eigenvalue weighted by atomic mass is 19.1. The minimum Gasteiger partial charge on any atom is -0.496 e. The highest BCUT2D eigenvalue weighted by molar-refractivity contribution is 6.01. The average molecular weight is 448 g/mol. The third kappa shape index (κ3) is 4.11. The van der Waals surface area contributed by atoms with Gasteiger partial charge in [-0.15, -0.1) is 0 Å². The van der Waals surface area contributed by atoms with Gasteiger partial charge < -0.3 is 19.0 Å². The number of halogens is 1. The maximum absolute atomic E-state index is 13.7. The molecular formula is C26H26FN3O3. The fourth-order valence-electron chi connectivity index (χ4n) is 4.66. The molecule has 0 radical (unpaired) electrons. The van der Waals surface area contributed by atoms with Gasteiger partial charge >= 0.3 is 0 Å². The van der Waals surface area contributed by atoms with Crippen LogP contribution in [0.15, 0.2) is 53.1 Å². The third-order valence-electron chi connectivity index (χ3n) is 6.42. The van der Waals surface area contributed by atoms with Crippen LogP contribution in [0, 0.1) is 12.7 Å². The highest BCUT2D eigenvalue weighted by Crippen LogP contribution is 2.30. The summed E-state index contributed by atoms with van der Waals surface area (Å²) in [6.07, 6.45) is 4.14. The van der Waals surface area contributed by atoms with E-state index in [1.807, 2.05) is 36.1 Å². The Morgan fingerprint density at radius 3 is 3.00 bits per heavy atom. The summed E-state index contributed by atoms with van der Waals surface area (Å²) in [7, 11) is 1.66. The number of oxazole rings is 1. The number of carbonyl (C=O) groups is 1. The van der Waals surface area contributed by atoms with Crippen LogP contribution in [-0.2, 0) is 6.42 Å². The lowest BCUT2D eigenvalue weighted by Crippen LogP contribution is -2.39. The van der Waals surface area contributed by atoms with Crippen LogP contribution < -0.4 is 4.74 Å². The number of nitrogens with one attached hydrogen (secondary N) is 1. The van der Waals surface area contributed by atoms with Crippen LogP contribution in [0.3, 0.4) is 0 Å². The van der Waals surface area contributed by atoms with Crippen LogP contribution in [0.4, 0.5) is 4.39 Å². The number of piperidine rings is 1. The van der Waals surface area contributed by atoms with Crippen molar-refractivity contribution in [1.29, 1.82) is 0 Å². The van der Waals surface area contributed by atoms with Gasteiger partial charge in [0.25, 0.3) is 5.91 Å². The molecule has 0 saturated carbocycles. The van der Waals surface area contributed by atoms with Crippen molar-refractivity contribution in [3.8, 4) is 5.75 Å². The third-order valence-corrected chi connectivity index (χ3v) is 6.42. The SMILES string of the molecule is COc1ccccc1Cc1cnc(C2CCCN(C(=O)c3[nH]c4ccc(F)cc4c3C)C2)o1. The number of nitrogens with zero attached hydrogens (tertiary/aromatic N) is 2. The molecule has 0 aliphatic carbocycles. The molecule has 5 rings (SSSR count). The lowest BCUT2D eigenvalue weighted by molar-refractivity contribution is 0.0692. The molecule has 1 atom stereocenters. The molecule has 1 fully saturated rings. The first-order chi connectivity index (χ1) is 16.0. The Bertz CT molecular complexity index is 1310. The number of hydrogen-bond acceptors (Lipinski definition) is 4. The van der Waals surface area contributed by atoms with Crippen LogP contribution in [0.2, 0.25) is 0 Å². The van der Waals surface area contributed by atoms with Crippen molar-refractivity contribution in [2.75, 3.05) is 20.2 Å². The molecule has 170 valence electrons. The average Bonchev–Trinajstić information content (AvgIpc) is 3.44. The number of rotatable bonds is 5. The predicted molar refractivity (Wildman–Crippen MR) is 123 cm³/mol. The Labute approximate surface area is 191 Å². The first-order valence-electron chi connectivity index (χ1n) is 11.2. The van der Waals surface area contributed by atoms with Crippen LogP contribution in [0.25, 0.3) is 10.9 Å². The van der Waals surface area contributed by atoms with Gasteiger partial charge in [-0.25, -0.2) is 9.37 Å². The molecule has 1 aliphatic rings. The number of H-pyrrole nitrogens is 1. The first-order valence-corrected chi connectivity index (χ1v) is 11.2. The van der Waals surface area contributed by atoms with Crippen molar-refractivity contribution in [3.05, 3.63) is 83.0 Å². The van der Waals surface area contributed by atoms with E-state index >= 15 is 0 Å². The zero-order chi connectivity index (χ0) is 22.9. The van der Waals surface area contributed by atoms with E-state index in [-0.39, 0.29) is 17.6 Å². The van der Waals surface area contributed by atoms with Crippen molar-refractivity contribution in [3.63, 3.8) is 0 Å². The van der Waals surface area contributed by atoms with Gasteiger partial charge in [0, 0.05) is 36.0 Å². The molecule has 4 aromatic rings. The summed E-state index contributed by atoms with van der Waals surface area (Å²) in [6.45, 7) is 3.06. The zero-order valence-electron chi connectivity index (χ0n) is 18.7. The summed E-state index contributed by atoms with van der Waals surface area (Å²) in [5.41, 5.74) is 3.08. The molecule has 0 bridgehead atoms. The zero-order valence-corrected chi connectivity index (χ0v) is 18.7. The molecule has 0 spiro atoms. The lowest BCUT2D eigenvalue weighted by atomic mass is 9.97. The Morgan fingerprint density at radius 2 is 2.15 bits per heavy atom. The van der Waals surface area contributed by atoms with Crippen LogP contribution in [0.5, 0.6) is 5.75 Å². The van der Waals surface area contributed by atoms with Gasteiger partial charge in [-0.3, -0.25) is 4.79 Å². The Morgan fingerprint density at radius 1 is 1.30 bits per heavy atom. The van der Waals surface area contributed by atoms with Gasteiger partial charge in [0.15, 0.2) is 5.89 Å². The molecular weight excluding hydrogens is 421 g/mol. The molecule has 1 N–H and O–H groups in total. The normalized spacial score (nSPS) is 16.3. The number of likely N-dealkylation sites (tertiary alicyclic amines) is 1. The van der Waals surface area contributed by atoms with E-state index in [2.05, 4.69) is 9.97 Å². The topological polar surface area (TPSA) is 71.4 Å². The van der Waals surface area contributed by atoms with Gasteiger partial charge in [0.2, 0.25) is 0 Å². The van der Waals surface area contributed by atoms with Crippen molar-refractivity contribution >= 4 is 16.8 Å². The maximum Gasteiger partial charge on any atom is 0.270 e. The minimum absolute atomic E-state index is 0.0382. The molecule has 1 saturated heterocycles. The predicted octanol–water partition coefficient (Wildman–Crippen LogP) is 5.22. The van der Waals surface area contributed by atoms with Gasteiger partial charge in [0.1, 0.15) is 23.0 Å². The summed E-state index contributed by atoms with van der Waals surface area (Å²) in [5, 5.41) is 0.737. The van der Waals surface area contributed by atoms with Crippen molar-refractivity contribution in [2.45, 2.75) is 32.1 Å². The molecule has 2 aromatic carbocycles. The number of para-hydroxylation sites is 1. The van der Waals surface area contributed by atoms with E-state index in [9.17, 15) is 9.18 Å². The number of fused-ring (bicyclic) bond motifs is 1. The number of carbonyl (C=O) groups excluding carboxylic acids is 1. The number of ether oxygens (including phenoxy) is 1. The second-order valence-corrected chi connectivity index (χ2v) is 8.56. The molecule has 1 unspecified atom stereocenters. The number of aromatic amines is 1. The summed E-state index contributed by atoms with van der Waals surface area (Å²) >= 11 is 0. The summed E-state index contributed by atoms with van der Waals surface area (Å²) in [5.74, 6) is 1.90. The fraction of sp³-hybridized carbons (Fsp3) is 0.308. The van der Waals surface area contributed by atoms with Gasteiger partial charge in [-0.05, 0) is 49.6 Å². The second-order valence-electron chi connectivity index (χ2n) is 8.56. The second kappa shape index (κ2) is 8.73. The van der Waals surface area contributed by atoms with Crippen LogP contribution in [-0.4, -0.2) is 41.0 Å². The maximum atomic E-state index is 13.7. The summed E-state index contributed by atoms with van der Waals surface area (Å²) in [4.78, 5) is 22.8. The molecule has 6 nitrogen and oxygen atoms in total. The number of hydrogen-bond donors (Lipinski definition) is 1. The summed E-state index contributed by atoms with van der Waals surface area (Å²) in [6, 6.07) is 12.4. The minimum atomic E-state index is -0.311. The monoisotopic (exact) mass is 447 g/mol. The Kier molecular flexibility index (Phi) is 5.62. The quantitative estimate of drug-likeness (QED) is 0.455. The summed E-state index contributed by atoms with van der Waals surface area (Å²) < 4.78 is 25.2. The fourth-order valence-corrected chi connectivity index (χ4v) is 4.66. The molecule has 7 heteroatoms. The van der Waals surface area contributed by atoms with E-state index in [0.717, 1.165) is 46.4 Å². The van der Waals surface area contributed by atoms with E-state index in [0.29, 0.717) is 31.1 Å². The highest BCUT2D eigenvalue weighted by Gasteiger charge is 2.30. The number of benzene rings is 2. The smallest absolute Gasteiger partial charge is 0.270 e. The lowest BCUT2D eigenvalue weighted by Gasteiger charge is -2.31. The van der Waals surface area contributed by atoms with Crippen molar-refractivity contribution in [1.82, 2.24) is 14.9 Å². The number of aryl methyl sites for hydroxylation is 1. The largest absolute Gasteiger partial charge is 0.496 e. The van der Waals surface area contributed by atoms with Gasteiger partial charge in [-0.1, -0.05) is 18.2 Å². The van der Waals surface area contributed by atoms with E-state index in [1.54, 1.807) is 19.4 Å². The Hall–Kier alpha value is -3.61. The molecule has 3 heterocycles. The van der Waals surface area contributed by atoms with E-state index < -0.39 is 0 Å². The van der Waals surface area contributed by atoms with Gasteiger partial charge in [-0.2, -0.15) is 0 Å². The number of amides is 1. The first kappa shape index (κ1) is 21.2. The van der Waals surface area contributed by atoms with E-state index in [1.165, 1.54) is 12.1 Å². The Balaban J connectivity index is 1.32. The molecule has 1 amide bonds. The van der Waals surface area contributed by atoms with Crippen LogP contribution in [0.1, 0.15) is 52.0 Å². The molecule has 33 heavy (non-hydrogen) atoms. The van der Waals surface area contributed by atoms with Crippen LogP contribution >= 0.6 is 0 Å². The molecule has 1 aliphatic heterocycles. The standard InChI is InChI=1S/C26H26FN3O3/c1-16-21-13-19(27)9-10-22(21)29-24(16)26(31)30-11-5-7-18(15-30)25-28-14-20(33-25)12-17-6-3-4-8-23(17)32-2/h3-4,6,8-10,13-14,18,29H,5,7,11-12,15H2,1-2H3. The van der Waals surface area contributed by atoms with Crippen molar-refractivity contribution in [2.24, 2.45) is 0 Å². The molecule has 2 aromatic heterocycles. The van der Waals surface area contributed by atoms with Gasteiger partial charge in [0.05, 0.1) is 19.2 Å². The van der Waals surface area contributed by atoms with E-state index in [4.69, 9.17) is 9.15 Å². The number of aromatic nitrogens is 2.